The van der Waals surface area contributed by atoms with Crippen molar-refractivity contribution in [3.63, 3.8) is 0 Å². The zero-order valence-corrected chi connectivity index (χ0v) is 14.6. The molecule has 0 heterocycles. The largest absolute Gasteiger partial charge is 0.484 e. The zero-order valence-electron chi connectivity index (χ0n) is 13.8. The Bertz CT molecular complexity index is 892. The lowest BCUT2D eigenvalue weighted by Gasteiger charge is -2.18. The summed E-state index contributed by atoms with van der Waals surface area (Å²) in [5.41, 5.74) is 6.01. The normalized spacial score (nSPS) is 11.0. The lowest BCUT2D eigenvalue weighted by Crippen LogP contribution is -2.31. The Morgan fingerprint density at radius 3 is 2.32 bits per heavy atom. The number of rotatable bonds is 6. The molecule has 2 rings (SSSR count). The van der Waals surface area contributed by atoms with Crippen molar-refractivity contribution in [3.8, 4) is 5.75 Å². The van der Waals surface area contributed by atoms with Crippen molar-refractivity contribution >= 4 is 27.3 Å². The number of carbonyl (C=O) groups is 2. The minimum absolute atomic E-state index is 0.177. The van der Waals surface area contributed by atoms with Gasteiger partial charge in [-0.25, -0.2) is 8.42 Å². The molecule has 132 valence electrons. The Labute approximate surface area is 145 Å². The SMILES string of the molecule is CN(C(=O)COc1cccc(C(N)=O)c1)c1ccc(S(C)(=O)=O)cc1. The molecule has 2 N–H and O–H groups in total. The molecule has 0 bridgehead atoms. The molecule has 0 spiro atoms. The van der Waals surface area contributed by atoms with E-state index in [4.69, 9.17) is 10.5 Å². The van der Waals surface area contributed by atoms with Gasteiger partial charge in [-0.05, 0) is 42.5 Å². The number of likely N-dealkylation sites (N-methyl/N-ethyl adjacent to an activating group) is 1. The number of sulfone groups is 1. The van der Waals surface area contributed by atoms with Crippen LogP contribution in [0.2, 0.25) is 0 Å². The van der Waals surface area contributed by atoms with E-state index in [9.17, 15) is 18.0 Å². The van der Waals surface area contributed by atoms with Crippen LogP contribution in [0.25, 0.3) is 0 Å². The maximum Gasteiger partial charge on any atom is 0.264 e. The van der Waals surface area contributed by atoms with E-state index in [1.807, 2.05) is 0 Å². The van der Waals surface area contributed by atoms with E-state index in [0.29, 0.717) is 11.4 Å². The van der Waals surface area contributed by atoms with E-state index in [1.165, 1.54) is 23.1 Å². The van der Waals surface area contributed by atoms with Crippen molar-refractivity contribution in [2.24, 2.45) is 5.73 Å². The zero-order chi connectivity index (χ0) is 18.6. The van der Waals surface area contributed by atoms with Crippen molar-refractivity contribution in [2.75, 3.05) is 24.8 Å². The van der Waals surface area contributed by atoms with Crippen molar-refractivity contribution < 1.29 is 22.7 Å². The standard InChI is InChI=1S/C17H18N2O5S/c1-19(13-6-8-15(9-7-13)25(2,22)23)16(20)11-24-14-5-3-4-12(10-14)17(18)21/h3-10H,11H2,1-2H3,(H2,18,21). The number of anilines is 1. The lowest BCUT2D eigenvalue weighted by atomic mass is 10.2. The molecule has 0 saturated heterocycles. The first kappa shape index (κ1) is 18.5. The van der Waals surface area contributed by atoms with Crippen LogP contribution >= 0.6 is 0 Å². The number of hydrogen-bond donors (Lipinski definition) is 1. The van der Waals surface area contributed by atoms with Gasteiger partial charge in [-0.1, -0.05) is 6.07 Å². The van der Waals surface area contributed by atoms with Gasteiger partial charge in [0.05, 0.1) is 4.90 Å². The second-order valence-corrected chi connectivity index (χ2v) is 7.42. The molecule has 0 aliphatic rings. The molecule has 0 fully saturated rings. The molecule has 2 aromatic rings. The summed E-state index contributed by atoms with van der Waals surface area (Å²) in [7, 11) is -1.73. The molecule has 0 aromatic heterocycles. The number of hydrogen-bond acceptors (Lipinski definition) is 5. The van der Waals surface area contributed by atoms with Gasteiger partial charge in [-0.2, -0.15) is 0 Å². The highest BCUT2D eigenvalue weighted by molar-refractivity contribution is 7.90. The number of nitrogens with zero attached hydrogens (tertiary/aromatic N) is 1. The van der Waals surface area contributed by atoms with E-state index >= 15 is 0 Å². The van der Waals surface area contributed by atoms with Crippen LogP contribution in [-0.2, 0) is 14.6 Å². The number of benzene rings is 2. The predicted molar refractivity (Wildman–Crippen MR) is 93.4 cm³/mol. The minimum atomic E-state index is -3.29. The predicted octanol–water partition coefficient (Wildman–Crippen LogP) is 1.23. The van der Waals surface area contributed by atoms with Crippen molar-refractivity contribution in [1.29, 1.82) is 0 Å². The fourth-order valence-corrected chi connectivity index (χ4v) is 2.67. The molecule has 7 nitrogen and oxygen atoms in total. The summed E-state index contributed by atoms with van der Waals surface area (Å²) in [6.45, 7) is -0.244. The highest BCUT2D eigenvalue weighted by atomic mass is 32.2. The Balaban J connectivity index is 2.03. The number of primary amides is 1. The third kappa shape index (κ3) is 4.80. The first-order valence-corrected chi connectivity index (χ1v) is 9.17. The lowest BCUT2D eigenvalue weighted by molar-refractivity contribution is -0.120. The van der Waals surface area contributed by atoms with Gasteiger partial charge < -0.3 is 15.4 Å². The summed E-state index contributed by atoms with van der Waals surface area (Å²) in [4.78, 5) is 24.9. The van der Waals surface area contributed by atoms with Crippen LogP contribution in [-0.4, -0.2) is 40.1 Å². The molecule has 0 aliphatic carbocycles. The average molecular weight is 362 g/mol. The molecule has 2 aromatic carbocycles. The monoisotopic (exact) mass is 362 g/mol. The van der Waals surface area contributed by atoms with Gasteiger partial charge in [0.1, 0.15) is 5.75 Å². The summed E-state index contributed by atoms with van der Waals surface area (Å²) < 4.78 is 28.3. The summed E-state index contributed by atoms with van der Waals surface area (Å²) in [6, 6.07) is 12.2. The number of carbonyl (C=O) groups excluding carboxylic acids is 2. The Morgan fingerprint density at radius 1 is 1.12 bits per heavy atom. The van der Waals surface area contributed by atoms with E-state index < -0.39 is 15.7 Å². The van der Waals surface area contributed by atoms with Crippen molar-refractivity contribution in [3.05, 3.63) is 54.1 Å². The van der Waals surface area contributed by atoms with Crippen LogP contribution in [0.4, 0.5) is 5.69 Å². The molecule has 0 unspecified atom stereocenters. The number of ether oxygens (including phenoxy) is 1. The molecule has 0 saturated carbocycles. The molecule has 2 amide bonds. The third-order valence-corrected chi connectivity index (χ3v) is 4.64. The maximum absolute atomic E-state index is 12.2. The van der Waals surface area contributed by atoms with E-state index in [0.717, 1.165) is 6.26 Å². The van der Waals surface area contributed by atoms with Crippen LogP contribution in [0, 0.1) is 0 Å². The van der Waals surface area contributed by atoms with Crippen molar-refractivity contribution in [1.82, 2.24) is 0 Å². The second-order valence-electron chi connectivity index (χ2n) is 5.40. The second kappa shape index (κ2) is 7.35. The fourth-order valence-electron chi connectivity index (χ4n) is 2.04. The fraction of sp³-hybridized carbons (Fsp3) is 0.176. The van der Waals surface area contributed by atoms with Crippen molar-refractivity contribution in [2.45, 2.75) is 4.90 Å². The van der Waals surface area contributed by atoms with Gasteiger partial charge >= 0.3 is 0 Å². The van der Waals surface area contributed by atoms with E-state index in [-0.39, 0.29) is 23.0 Å². The highest BCUT2D eigenvalue weighted by Crippen LogP contribution is 2.18. The molecule has 0 aliphatic heterocycles. The van der Waals surface area contributed by atoms with Gasteiger partial charge in [0.2, 0.25) is 5.91 Å². The third-order valence-electron chi connectivity index (χ3n) is 3.51. The van der Waals surface area contributed by atoms with Crippen LogP contribution in [0.5, 0.6) is 5.75 Å². The van der Waals surface area contributed by atoms with Crippen LogP contribution in [0.15, 0.2) is 53.4 Å². The Morgan fingerprint density at radius 2 is 1.76 bits per heavy atom. The van der Waals surface area contributed by atoms with Crippen LogP contribution in [0.3, 0.4) is 0 Å². The van der Waals surface area contributed by atoms with Crippen LogP contribution in [0.1, 0.15) is 10.4 Å². The Kier molecular flexibility index (Phi) is 5.43. The Hall–Kier alpha value is -2.87. The summed E-state index contributed by atoms with van der Waals surface area (Å²) in [6.07, 6.45) is 1.12. The quantitative estimate of drug-likeness (QED) is 0.832. The van der Waals surface area contributed by atoms with Gasteiger partial charge in [0.25, 0.3) is 5.91 Å². The smallest absolute Gasteiger partial charge is 0.264 e. The number of amides is 2. The molecular weight excluding hydrogens is 344 g/mol. The highest BCUT2D eigenvalue weighted by Gasteiger charge is 2.14. The first-order valence-electron chi connectivity index (χ1n) is 7.28. The van der Waals surface area contributed by atoms with Gasteiger partial charge in [0.15, 0.2) is 16.4 Å². The summed E-state index contributed by atoms with van der Waals surface area (Å²) in [5, 5.41) is 0. The topological polar surface area (TPSA) is 107 Å². The summed E-state index contributed by atoms with van der Waals surface area (Å²) in [5.74, 6) is -0.568. The van der Waals surface area contributed by atoms with Crippen LogP contribution < -0.4 is 15.4 Å². The van der Waals surface area contributed by atoms with Gasteiger partial charge in [-0.15, -0.1) is 0 Å². The maximum atomic E-state index is 12.2. The molecule has 25 heavy (non-hydrogen) atoms. The van der Waals surface area contributed by atoms with Gasteiger partial charge in [-0.3, -0.25) is 9.59 Å². The average Bonchev–Trinajstić information content (AvgIpc) is 2.58. The molecule has 0 radical (unpaired) electrons. The minimum Gasteiger partial charge on any atom is -0.484 e. The van der Waals surface area contributed by atoms with Gasteiger partial charge in [0, 0.05) is 24.6 Å². The first-order chi connectivity index (χ1) is 11.7. The van der Waals surface area contributed by atoms with E-state index in [2.05, 4.69) is 0 Å². The molecule has 8 heteroatoms. The van der Waals surface area contributed by atoms with E-state index in [1.54, 1.807) is 37.4 Å². The molecule has 0 atom stereocenters. The molecular formula is C17H18N2O5S. The number of nitrogens with two attached hydrogens (primary N) is 1. The summed E-state index contributed by atoms with van der Waals surface area (Å²) >= 11 is 0.